The Morgan fingerprint density at radius 3 is 2.49 bits per heavy atom. The Kier molecular flexibility index (Phi) is 9.45. The van der Waals surface area contributed by atoms with Crippen molar-refractivity contribution in [3.8, 4) is 0 Å². The van der Waals surface area contributed by atoms with Crippen LogP contribution in [0.4, 0.5) is 8.78 Å². The molecule has 1 aromatic heterocycles. The lowest BCUT2D eigenvalue weighted by Crippen LogP contribution is -2.43. The molecule has 37 heavy (non-hydrogen) atoms. The Morgan fingerprint density at radius 1 is 1.22 bits per heavy atom. The van der Waals surface area contributed by atoms with Crippen LogP contribution in [0.5, 0.6) is 0 Å². The van der Waals surface area contributed by atoms with Crippen molar-refractivity contribution in [3.63, 3.8) is 0 Å². The maximum absolute atomic E-state index is 13.9. The van der Waals surface area contributed by atoms with Crippen LogP contribution in [0.1, 0.15) is 25.1 Å². The van der Waals surface area contributed by atoms with E-state index >= 15 is 0 Å². The summed E-state index contributed by atoms with van der Waals surface area (Å²) < 4.78 is 48.5. The van der Waals surface area contributed by atoms with E-state index in [0.29, 0.717) is 6.07 Å². The van der Waals surface area contributed by atoms with Gasteiger partial charge in [-0.25, -0.2) is 13.6 Å². The van der Waals surface area contributed by atoms with E-state index in [4.69, 9.17) is 20.9 Å². The molecule has 0 aliphatic carbocycles. The third kappa shape index (κ3) is 6.20. The number of aromatic nitrogens is 2. The van der Waals surface area contributed by atoms with Crippen molar-refractivity contribution >= 4 is 27.6 Å². The minimum atomic E-state index is -5.00. The van der Waals surface area contributed by atoms with E-state index in [0.717, 1.165) is 27.5 Å². The van der Waals surface area contributed by atoms with Gasteiger partial charge in [-0.05, 0) is 24.5 Å². The lowest BCUT2D eigenvalue weighted by Gasteiger charge is -2.30. The highest BCUT2D eigenvalue weighted by molar-refractivity contribution is 7.73. The van der Waals surface area contributed by atoms with Gasteiger partial charge in [0.25, 0.3) is 5.56 Å². The molecule has 0 radical (unpaired) electrons. The topological polar surface area (TPSA) is 181 Å². The third-order valence-corrected chi connectivity index (χ3v) is 11.0. The molecule has 206 valence electrons. The average molecular weight is 589 g/mol. The molecule has 6 atom stereocenters. The predicted molar refractivity (Wildman–Crippen MR) is 127 cm³/mol. The fraction of sp³-hybridized carbons (Fsp3) is 0.500. The zero-order valence-electron chi connectivity index (χ0n) is 19.2. The van der Waals surface area contributed by atoms with Crippen LogP contribution in [-0.2, 0) is 26.8 Å². The monoisotopic (exact) mass is 588 g/mol. The van der Waals surface area contributed by atoms with Gasteiger partial charge in [0.15, 0.2) is 6.23 Å². The molecule has 1 aliphatic heterocycles. The van der Waals surface area contributed by atoms with Gasteiger partial charge in [-0.15, -0.1) is 0 Å². The second-order valence-electron chi connectivity index (χ2n) is 8.21. The predicted octanol–water partition coefficient (Wildman–Crippen LogP) is 0.951. The Balaban J connectivity index is 1.77. The molecule has 0 spiro atoms. The number of halogens is 3. The molecule has 3 rings (SSSR count). The number of rotatable bonds is 10. The molecule has 2 aromatic rings. The number of aliphatic hydroxyl groups is 2. The quantitative estimate of drug-likeness (QED) is 0.198. The van der Waals surface area contributed by atoms with Crippen molar-refractivity contribution < 1.29 is 47.5 Å². The summed E-state index contributed by atoms with van der Waals surface area (Å²) in [5.41, 5.74) is -1.63. The first-order valence-electron chi connectivity index (χ1n) is 10.8. The number of alkyl halides is 1. The lowest BCUT2D eigenvalue weighted by molar-refractivity contribution is -0.0521. The molecule has 0 bridgehead atoms. The summed E-state index contributed by atoms with van der Waals surface area (Å²) in [5, 5.41) is 20.8. The SMILES string of the molecule is CCC(Cl)(P(O)OC[C@H]1O[C@@H](n2ccc(=O)n(CCc3ccc(F)cc3F)c2=O)[C@@H](O)[C@H]1O)P(=O)(O)O. The summed E-state index contributed by atoms with van der Waals surface area (Å²) in [6, 6.07) is 3.87. The molecule has 0 amide bonds. The van der Waals surface area contributed by atoms with Crippen LogP contribution >= 0.6 is 27.6 Å². The van der Waals surface area contributed by atoms with Gasteiger partial charge in [0.2, 0.25) is 12.7 Å². The number of ether oxygens (including phenoxy) is 1. The molecule has 12 nitrogen and oxygen atoms in total. The fourth-order valence-corrected chi connectivity index (χ4v) is 6.06. The highest BCUT2D eigenvalue weighted by Crippen LogP contribution is 2.70. The van der Waals surface area contributed by atoms with E-state index in [9.17, 15) is 47.8 Å². The summed E-state index contributed by atoms with van der Waals surface area (Å²) in [5.74, 6) is -1.64. The Hall–Kier alpha value is -1.57. The molecule has 1 aromatic carbocycles. The summed E-state index contributed by atoms with van der Waals surface area (Å²) in [7, 11) is -7.92. The highest BCUT2D eigenvalue weighted by Gasteiger charge is 2.53. The van der Waals surface area contributed by atoms with E-state index in [1.54, 1.807) is 0 Å². The molecule has 17 heteroatoms. The van der Waals surface area contributed by atoms with E-state index in [1.165, 1.54) is 13.0 Å². The fourth-order valence-electron chi connectivity index (χ4n) is 3.68. The van der Waals surface area contributed by atoms with Gasteiger partial charge in [-0.2, -0.15) is 0 Å². The Labute approximate surface area is 214 Å². The van der Waals surface area contributed by atoms with Crippen LogP contribution in [0.15, 0.2) is 40.1 Å². The standard InChI is InChI=1S/C20H25ClF2N2O10P2/c1-2-20(21,37(31,32)33)36(30)34-10-14-16(27)17(28)18(35-14)25-8-6-15(26)24(19(25)29)7-5-11-3-4-12(22)9-13(11)23/h3-4,6,8-9,14,16-18,27-28,30H,2,5,7,10H2,1H3,(H2,31,32,33)/t14-,16+,17+,18-,20?,36?/m1/s1. The minimum absolute atomic E-state index is 0.0612. The second-order valence-corrected chi connectivity index (χ2v) is 13.2. The summed E-state index contributed by atoms with van der Waals surface area (Å²) in [6.45, 7) is 0.391. The molecule has 1 saturated heterocycles. The van der Waals surface area contributed by atoms with Crippen LogP contribution in [0.3, 0.4) is 0 Å². The van der Waals surface area contributed by atoms with Crippen molar-refractivity contribution in [2.45, 2.75) is 55.2 Å². The van der Waals surface area contributed by atoms with Crippen molar-refractivity contribution in [1.82, 2.24) is 9.13 Å². The lowest BCUT2D eigenvalue weighted by atomic mass is 10.1. The molecule has 2 unspecified atom stereocenters. The zero-order valence-corrected chi connectivity index (χ0v) is 21.8. The van der Waals surface area contributed by atoms with Crippen LogP contribution in [-0.4, -0.2) is 63.3 Å². The first-order chi connectivity index (χ1) is 17.2. The maximum atomic E-state index is 13.9. The molecular formula is C20H25ClF2N2O10P2. The summed E-state index contributed by atoms with van der Waals surface area (Å²) in [4.78, 5) is 54.3. The number of hydrogen-bond acceptors (Lipinski definition) is 8. The largest absolute Gasteiger partial charge is 0.387 e. The third-order valence-electron chi connectivity index (χ3n) is 5.88. The normalized spacial score (nSPS) is 24.7. The molecular weight excluding hydrogens is 564 g/mol. The molecule has 2 heterocycles. The number of aryl methyl sites for hydroxylation is 1. The van der Waals surface area contributed by atoms with Crippen LogP contribution in [0, 0.1) is 11.6 Å². The summed E-state index contributed by atoms with van der Waals surface area (Å²) >= 11 is 5.89. The Morgan fingerprint density at radius 2 is 1.89 bits per heavy atom. The van der Waals surface area contributed by atoms with Gasteiger partial charge in [-0.3, -0.25) is 18.5 Å². The van der Waals surface area contributed by atoms with Gasteiger partial charge in [0.1, 0.15) is 29.9 Å². The molecule has 1 fully saturated rings. The van der Waals surface area contributed by atoms with E-state index in [2.05, 4.69) is 0 Å². The van der Waals surface area contributed by atoms with Crippen LogP contribution in [0.2, 0.25) is 0 Å². The van der Waals surface area contributed by atoms with Gasteiger partial charge in [0, 0.05) is 24.9 Å². The van der Waals surface area contributed by atoms with Crippen molar-refractivity contribution in [3.05, 3.63) is 68.5 Å². The van der Waals surface area contributed by atoms with E-state index in [-0.39, 0.29) is 24.9 Å². The number of nitrogens with zero attached hydrogens (tertiary/aromatic N) is 2. The molecule has 0 saturated carbocycles. The highest BCUT2D eigenvalue weighted by atomic mass is 35.5. The van der Waals surface area contributed by atoms with Crippen molar-refractivity contribution in [1.29, 1.82) is 0 Å². The zero-order chi connectivity index (χ0) is 27.7. The van der Waals surface area contributed by atoms with Crippen LogP contribution < -0.4 is 11.2 Å². The van der Waals surface area contributed by atoms with Gasteiger partial charge < -0.3 is 34.2 Å². The maximum Gasteiger partial charge on any atom is 0.355 e. The van der Waals surface area contributed by atoms with E-state index < -0.39 is 74.4 Å². The van der Waals surface area contributed by atoms with E-state index in [1.807, 2.05) is 0 Å². The number of aliphatic hydroxyl groups excluding tert-OH is 2. The van der Waals surface area contributed by atoms with Crippen molar-refractivity contribution in [2.24, 2.45) is 0 Å². The first kappa shape index (κ1) is 30.0. The van der Waals surface area contributed by atoms with Gasteiger partial charge >= 0.3 is 13.3 Å². The first-order valence-corrected chi connectivity index (χ1v) is 14.1. The van der Waals surface area contributed by atoms with Crippen LogP contribution in [0.25, 0.3) is 0 Å². The average Bonchev–Trinajstić information content (AvgIpc) is 3.10. The minimum Gasteiger partial charge on any atom is -0.387 e. The van der Waals surface area contributed by atoms with Gasteiger partial charge in [0.05, 0.1) is 6.61 Å². The smallest absolute Gasteiger partial charge is 0.355 e. The second kappa shape index (κ2) is 11.7. The van der Waals surface area contributed by atoms with Crippen molar-refractivity contribution in [2.75, 3.05) is 6.61 Å². The Bertz CT molecular complexity index is 1290. The van der Waals surface area contributed by atoms with Gasteiger partial charge in [-0.1, -0.05) is 24.6 Å². The number of hydrogen-bond donors (Lipinski definition) is 5. The molecule has 1 aliphatic rings. The molecule has 5 N–H and O–H groups in total. The number of benzene rings is 1. The summed E-state index contributed by atoms with van der Waals surface area (Å²) in [6.07, 6.45) is -5.68.